The molecular formula is C13H11N3OS. The predicted octanol–water partition coefficient (Wildman–Crippen LogP) is 2.70. The van der Waals surface area contributed by atoms with Crippen molar-refractivity contribution >= 4 is 28.1 Å². The average Bonchev–Trinajstić information content (AvgIpc) is 2.94. The number of aryl methyl sites for hydroxylation is 1. The van der Waals surface area contributed by atoms with Crippen molar-refractivity contribution in [2.75, 3.05) is 0 Å². The van der Waals surface area contributed by atoms with E-state index in [1.54, 1.807) is 5.38 Å². The van der Waals surface area contributed by atoms with Gasteiger partial charge in [-0.3, -0.25) is 4.79 Å². The maximum Gasteiger partial charge on any atom is 0.268 e. The number of carbonyl (C=O) groups excluding carboxylic acids is 1. The van der Waals surface area contributed by atoms with Crippen LogP contribution in [0.4, 0.5) is 0 Å². The fourth-order valence-corrected chi connectivity index (χ4v) is 2.83. The van der Waals surface area contributed by atoms with Crippen LogP contribution in [0.25, 0.3) is 21.5 Å². The number of nitrogens with two attached hydrogens (primary N) is 1. The highest BCUT2D eigenvalue weighted by molar-refractivity contribution is 7.13. The van der Waals surface area contributed by atoms with E-state index in [2.05, 4.69) is 23.0 Å². The van der Waals surface area contributed by atoms with Crippen molar-refractivity contribution in [3.8, 4) is 10.6 Å². The molecule has 0 fully saturated rings. The molecule has 1 aromatic carbocycles. The zero-order valence-electron chi connectivity index (χ0n) is 9.73. The van der Waals surface area contributed by atoms with Gasteiger partial charge in [-0.1, -0.05) is 18.2 Å². The standard InChI is InChI=1S/C13H11N3OS/c1-7-3-2-4-8-9(5-15-11(7)8)13-16-10(6-18-13)12(14)17/h2-6,15H,1H3,(H2,14,17). The number of rotatable bonds is 2. The number of amides is 1. The molecular weight excluding hydrogens is 246 g/mol. The number of H-pyrrole nitrogens is 1. The number of para-hydroxylation sites is 1. The molecule has 0 saturated carbocycles. The lowest BCUT2D eigenvalue weighted by atomic mass is 10.1. The second-order valence-corrected chi connectivity index (χ2v) is 4.96. The van der Waals surface area contributed by atoms with Crippen molar-refractivity contribution in [1.82, 2.24) is 9.97 Å². The van der Waals surface area contributed by atoms with Crippen LogP contribution in [-0.2, 0) is 0 Å². The number of primary amides is 1. The maximum absolute atomic E-state index is 11.1. The SMILES string of the molecule is Cc1cccc2c(-c3nc(C(N)=O)cs3)c[nH]c12. The van der Waals surface area contributed by atoms with Crippen LogP contribution in [0.3, 0.4) is 0 Å². The highest BCUT2D eigenvalue weighted by atomic mass is 32.1. The molecule has 0 spiro atoms. The number of carbonyl (C=O) groups is 1. The molecule has 0 saturated heterocycles. The third-order valence-corrected chi connectivity index (χ3v) is 3.79. The van der Waals surface area contributed by atoms with E-state index < -0.39 is 5.91 Å². The van der Waals surface area contributed by atoms with E-state index in [0.717, 1.165) is 21.5 Å². The highest BCUT2D eigenvalue weighted by Crippen LogP contribution is 2.31. The van der Waals surface area contributed by atoms with Crippen LogP contribution < -0.4 is 5.73 Å². The molecule has 2 aromatic heterocycles. The van der Waals surface area contributed by atoms with Gasteiger partial charge in [-0.2, -0.15) is 0 Å². The number of nitrogens with zero attached hydrogens (tertiary/aromatic N) is 1. The van der Waals surface area contributed by atoms with E-state index in [1.165, 1.54) is 16.9 Å². The number of thiazole rings is 1. The lowest BCUT2D eigenvalue weighted by molar-refractivity contribution is 0.0996. The van der Waals surface area contributed by atoms with Crippen LogP contribution in [0.2, 0.25) is 0 Å². The quantitative estimate of drug-likeness (QED) is 0.741. The van der Waals surface area contributed by atoms with Crippen molar-refractivity contribution in [3.63, 3.8) is 0 Å². The Hall–Kier alpha value is -2.14. The Kier molecular flexibility index (Phi) is 2.41. The van der Waals surface area contributed by atoms with Gasteiger partial charge >= 0.3 is 0 Å². The molecule has 0 radical (unpaired) electrons. The molecule has 0 aliphatic carbocycles. The van der Waals surface area contributed by atoms with Crippen LogP contribution in [0.1, 0.15) is 16.1 Å². The predicted molar refractivity (Wildman–Crippen MR) is 72.7 cm³/mol. The van der Waals surface area contributed by atoms with Crippen LogP contribution >= 0.6 is 11.3 Å². The summed E-state index contributed by atoms with van der Waals surface area (Å²) in [5.41, 5.74) is 8.82. The van der Waals surface area contributed by atoms with E-state index in [1.807, 2.05) is 18.3 Å². The van der Waals surface area contributed by atoms with Gasteiger partial charge in [0.05, 0.1) is 0 Å². The first-order valence-corrected chi connectivity index (χ1v) is 6.37. The molecule has 0 aliphatic rings. The summed E-state index contributed by atoms with van der Waals surface area (Å²) in [6.07, 6.45) is 1.92. The van der Waals surface area contributed by atoms with Crippen LogP contribution in [0.15, 0.2) is 29.8 Å². The Morgan fingerprint density at radius 2 is 2.28 bits per heavy atom. The zero-order valence-corrected chi connectivity index (χ0v) is 10.5. The fourth-order valence-electron chi connectivity index (χ4n) is 1.99. The summed E-state index contributed by atoms with van der Waals surface area (Å²) in [4.78, 5) is 18.6. The minimum Gasteiger partial charge on any atom is -0.364 e. The van der Waals surface area contributed by atoms with Gasteiger partial charge in [0.2, 0.25) is 0 Å². The smallest absolute Gasteiger partial charge is 0.268 e. The molecule has 5 heteroatoms. The molecule has 3 rings (SSSR count). The number of aromatic amines is 1. The largest absolute Gasteiger partial charge is 0.364 e. The maximum atomic E-state index is 11.1. The summed E-state index contributed by atoms with van der Waals surface area (Å²) in [6, 6.07) is 6.11. The number of hydrogen-bond acceptors (Lipinski definition) is 3. The lowest BCUT2D eigenvalue weighted by Gasteiger charge is -1.96. The Labute approximate surface area is 107 Å². The van der Waals surface area contributed by atoms with E-state index in [-0.39, 0.29) is 0 Å². The molecule has 1 amide bonds. The number of benzene rings is 1. The topological polar surface area (TPSA) is 71.8 Å². The molecule has 3 N–H and O–H groups in total. The van der Waals surface area contributed by atoms with Gasteiger partial charge in [-0.25, -0.2) is 4.98 Å². The molecule has 90 valence electrons. The summed E-state index contributed by atoms with van der Waals surface area (Å²) >= 11 is 1.42. The Morgan fingerprint density at radius 3 is 3.00 bits per heavy atom. The highest BCUT2D eigenvalue weighted by Gasteiger charge is 2.12. The Bertz CT molecular complexity index is 742. The van der Waals surface area contributed by atoms with E-state index >= 15 is 0 Å². The molecule has 18 heavy (non-hydrogen) atoms. The average molecular weight is 257 g/mol. The third kappa shape index (κ3) is 1.60. The van der Waals surface area contributed by atoms with Gasteiger partial charge in [0.15, 0.2) is 0 Å². The fraction of sp³-hybridized carbons (Fsp3) is 0.0769. The molecule has 0 atom stereocenters. The van der Waals surface area contributed by atoms with Gasteiger partial charge in [0.25, 0.3) is 5.91 Å². The first-order valence-electron chi connectivity index (χ1n) is 5.49. The number of aromatic nitrogens is 2. The molecule has 0 bridgehead atoms. The van der Waals surface area contributed by atoms with Crippen molar-refractivity contribution < 1.29 is 4.79 Å². The summed E-state index contributed by atoms with van der Waals surface area (Å²) in [6.45, 7) is 2.05. The summed E-state index contributed by atoms with van der Waals surface area (Å²) in [5.74, 6) is -0.492. The normalized spacial score (nSPS) is 10.9. The van der Waals surface area contributed by atoms with Gasteiger partial charge in [0, 0.05) is 28.0 Å². The second-order valence-electron chi connectivity index (χ2n) is 4.10. The molecule has 3 aromatic rings. The summed E-state index contributed by atoms with van der Waals surface area (Å²) in [7, 11) is 0. The monoisotopic (exact) mass is 257 g/mol. The minimum absolute atomic E-state index is 0.317. The van der Waals surface area contributed by atoms with Crippen LogP contribution in [0.5, 0.6) is 0 Å². The van der Waals surface area contributed by atoms with Crippen molar-refractivity contribution in [2.45, 2.75) is 6.92 Å². The second kappa shape index (κ2) is 3.96. The lowest BCUT2D eigenvalue weighted by Crippen LogP contribution is -2.10. The number of hydrogen-bond donors (Lipinski definition) is 2. The third-order valence-electron chi connectivity index (χ3n) is 2.91. The van der Waals surface area contributed by atoms with Gasteiger partial charge in [0.1, 0.15) is 10.7 Å². The summed E-state index contributed by atoms with van der Waals surface area (Å²) in [5, 5.41) is 3.60. The van der Waals surface area contributed by atoms with Crippen molar-refractivity contribution in [2.24, 2.45) is 5.73 Å². The van der Waals surface area contributed by atoms with Crippen LogP contribution in [-0.4, -0.2) is 15.9 Å². The van der Waals surface area contributed by atoms with E-state index in [4.69, 9.17) is 5.73 Å². The van der Waals surface area contributed by atoms with Crippen molar-refractivity contribution in [3.05, 3.63) is 41.0 Å². The first-order chi connectivity index (χ1) is 8.66. The number of fused-ring (bicyclic) bond motifs is 1. The summed E-state index contributed by atoms with van der Waals surface area (Å²) < 4.78 is 0. The molecule has 2 heterocycles. The minimum atomic E-state index is -0.492. The molecule has 4 nitrogen and oxygen atoms in total. The molecule has 0 aliphatic heterocycles. The zero-order chi connectivity index (χ0) is 12.7. The van der Waals surface area contributed by atoms with Crippen LogP contribution in [0, 0.1) is 6.92 Å². The number of nitrogens with one attached hydrogen (secondary N) is 1. The van der Waals surface area contributed by atoms with Gasteiger partial charge < -0.3 is 10.7 Å². The van der Waals surface area contributed by atoms with Gasteiger partial charge in [-0.15, -0.1) is 11.3 Å². The van der Waals surface area contributed by atoms with Gasteiger partial charge in [-0.05, 0) is 12.5 Å². The van der Waals surface area contributed by atoms with E-state index in [9.17, 15) is 4.79 Å². The van der Waals surface area contributed by atoms with E-state index in [0.29, 0.717) is 5.69 Å². The Morgan fingerprint density at radius 1 is 1.44 bits per heavy atom. The first kappa shape index (κ1) is 11.0. The Balaban J connectivity index is 2.19. The molecule has 0 unspecified atom stereocenters. The van der Waals surface area contributed by atoms with Crippen molar-refractivity contribution in [1.29, 1.82) is 0 Å².